The standard InChI is InChI=1S/C19H22N2O5/c1-3-12-25-15-9-5-4-8-14(15)19(23)21-20-18(22)13-26-17-11-7-6-10-16(17)24-2/h4-11H,3,12-13H2,1-2H3,(H,20,22)(H,21,23). The molecule has 2 aromatic rings. The first-order valence-corrected chi connectivity index (χ1v) is 8.22. The molecule has 0 aliphatic carbocycles. The Balaban J connectivity index is 1.86. The van der Waals surface area contributed by atoms with Crippen molar-refractivity contribution >= 4 is 11.8 Å². The minimum Gasteiger partial charge on any atom is -0.493 e. The number of para-hydroxylation sites is 3. The topological polar surface area (TPSA) is 85.9 Å². The van der Waals surface area contributed by atoms with E-state index in [1.165, 1.54) is 7.11 Å². The van der Waals surface area contributed by atoms with E-state index in [4.69, 9.17) is 14.2 Å². The fourth-order valence-corrected chi connectivity index (χ4v) is 2.10. The third-order valence-corrected chi connectivity index (χ3v) is 3.34. The average Bonchev–Trinajstić information content (AvgIpc) is 2.69. The van der Waals surface area contributed by atoms with Crippen LogP contribution in [0.5, 0.6) is 17.2 Å². The predicted octanol–water partition coefficient (Wildman–Crippen LogP) is 2.32. The first kappa shape index (κ1) is 19.1. The van der Waals surface area contributed by atoms with E-state index in [2.05, 4.69) is 10.9 Å². The quantitative estimate of drug-likeness (QED) is 0.708. The molecule has 138 valence electrons. The van der Waals surface area contributed by atoms with E-state index in [-0.39, 0.29) is 6.61 Å². The van der Waals surface area contributed by atoms with Crippen LogP contribution in [0.3, 0.4) is 0 Å². The Morgan fingerprint density at radius 1 is 0.885 bits per heavy atom. The molecule has 26 heavy (non-hydrogen) atoms. The Morgan fingerprint density at radius 3 is 2.23 bits per heavy atom. The molecule has 7 heteroatoms. The second kappa shape index (κ2) is 9.93. The van der Waals surface area contributed by atoms with Gasteiger partial charge in [0, 0.05) is 0 Å². The lowest BCUT2D eigenvalue weighted by atomic mass is 10.2. The van der Waals surface area contributed by atoms with Gasteiger partial charge in [-0.25, -0.2) is 0 Å². The molecule has 0 heterocycles. The third kappa shape index (κ3) is 5.41. The summed E-state index contributed by atoms with van der Waals surface area (Å²) in [5, 5.41) is 0. The zero-order chi connectivity index (χ0) is 18.8. The van der Waals surface area contributed by atoms with Crippen molar-refractivity contribution in [3.05, 3.63) is 54.1 Å². The van der Waals surface area contributed by atoms with Crippen LogP contribution in [0, 0.1) is 0 Å². The molecule has 0 saturated heterocycles. The highest BCUT2D eigenvalue weighted by Crippen LogP contribution is 2.25. The molecular weight excluding hydrogens is 336 g/mol. The van der Waals surface area contributed by atoms with Gasteiger partial charge in [-0.2, -0.15) is 0 Å². The Hall–Kier alpha value is -3.22. The molecule has 0 aromatic heterocycles. The number of nitrogens with one attached hydrogen (secondary N) is 2. The maximum atomic E-state index is 12.2. The molecule has 0 spiro atoms. The summed E-state index contributed by atoms with van der Waals surface area (Å²) in [6.45, 7) is 2.21. The van der Waals surface area contributed by atoms with Gasteiger partial charge in [-0.05, 0) is 30.7 Å². The van der Waals surface area contributed by atoms with Gasteiger partial charge >= 0.3 is 0 Å². The summed E-state index contributed by atoms with van der Waals surface area (Å²) in [5.41, 5.74) is 5.00. The molecule has 2 N–H and O–H groups in total. The molecular formula is C19H22N2O5. The van der Waals surface area contributed by atoms with Gasteiger partial charge in [0.25, 0.3) is 11.8 Å². The number of amides is 2. The van der Waals surface area contributed by atoms with Gasteiger partial charge in [0.1, 0.15) is 5.75 Å². The molecule has 2 rings (SSSR count). The molecule has 0 aliphatic heterocycles. The number of ether oxygens (including phenoxy) is 3. The van der Waals surface area contributed by atoms with Crippen LogP contribution in [-0.4, -0.2) is 32.1 Å². The number of benzene rings is 2. The zero-order valence-corrected chi connectivity index (χ0v) is 14.8. The van der Waals surface area contributed by atoms with Crippen LogP contribution in [-0.2, 0) is 4.79 Å². The molecule has 2 aromatic carbocycles. The Morgan fingerprint density at radius 2 is 1.54 bits per heavy atom. The van der Waals surface area contributed by atoms with Crippen LogP contribution in [0.15, 0.2) is 48.5 Å². The normalized spacial score (nSPS) is 9.92. The van der Waals surface area contributed by atoms with Crippen LogP contribution in [0.25, 0.3) is 0 Å². The number of methoxy groups -OCH3 is 1. The Labute approximate surface area is 152 Å². The number of hydrogen-bond acceptors (Lipinski definition) is 5. The summed E-state index contributed by atoms with van der Waals surface area (Å²) < 4.78 is 16.1. The minimum atomic E-state index is -0.504. The fraction of sp³-hybridized carbons (Fsp3) is 0.263. The van der Waals surface area contributed by atoms with Gasteiger partial charge in [-0.1, -0.05) is 31.2 Å². The van der Waals surface area contributed by atoms with Gasteiger partial charge in [-0.3, -0.25) is 20.4 Å². The van der Waals surface area contributed by atoms with Crippen LogP contribution in [0.4, 0.5) is 0 Å². The van der Waals surface area contributed by atoms with E-state index >= 15 is 0 Å². The second-order valence-corrected chi connectivity index (χ2v) is 5.29. The molecule has 0 unspecified atom stereocenters. The molecule has 0 radical (unpaired) electrons. The maximum absolute atomic E-state index is 12.2. The van der Waals surface area contributed by atoms with Gasteiger partial charge in [0.05, 0.1) is 19.3 Å². The maximum Gasteiger partial charge on any atom is 0.276 e. The van der Waals surface area contributed by atoms with Crippen LogP contribution in [0.1, 0.15) is 23.7 Å². The fourth-order valence-electron chi connectivity index (χ4n) is 2.10. The van der Waals surface area contributed by atoms with E-state index in [0.717, 1.165) is 6.42 Å². The first-order chi connectivity index (χ1) is 12.7. The highest BCUT2D eigenvalue weighted by atomic mass is 16.5. The van der Waals surface area contributed by atoms with E-state index in [1.807, 2.05) is 6.92 Å². The van der Waals surface area contributed by atoms with Crippen LogP contribution in [0.2, 0.25) is 0 Å². The molecule has 2 amide bonds. The number of rotatable bonds is 8. The number of carbonyl (C=O) groups excluding carboxylic acids is 2. The lowest BCUT2D eigenvalue weighted by Crippen LogP contribution is -2.43. The average molecular weight is 358 g/mol. The smallest absolute Gasteiger partial charge is 0.276 e. The van der Waals surface area contributed by atoms with Crippen molar-refractivity contribution in [1.82, 2.24) is 10.9 Å². The van der Waals surface area contributed by atoms with Gasteiger partial charge in [0.15, 0.2) is 18.1 Å². The van der Waals surface area contributed by atoms with E-state index in [9.17, 15) is 9.59 Å². The van der Waals surface area contributed by atoms with Crippen molar-refractivity contribution in [3.63, 3.8) is 0 Å². The number of hydrazine groups is 1. The second-order valence-electron chi connectivity index (χ2n) is 5.29. The van der Waals surface area contributed by atoms with E-state index in [1.54, 1.807) is 48.5 Å². The molecule has 0 atom stereocenters. The van der Waals surface area contributed by atoms with Gasteiger partial charge in [0.2, 0.25) is 0 Å². The minimum absolute atomic E-state index is 0.269. The van der Waals surface area contributed by atoms with Crippen molar-refractivity contribution < 1.29 is 23.8 Å². The molecule has 7 nitrogen and oxygen atoms in total. The Bertz CT molecular complexity index is 748. The first-order valence-electron chi connectivity index (χ1n) is 8.22. The van der Waals surface area contributed by atoms with E-state index < -0.39 is 11.8 Å². The number of hydrogen-bond donors (Lipinski definition) is 2. The lowest BCUT2D eigenvalue weighted by molar-refractivity contribution is -0.123. The molecule has 0 bridgehead atoms. The van der Waals surface area contributed by atoms with E-state index in [0.29, 0.717) is 29.4 Å². The summed E-state index contributed by atoms with van der Waals surface area (Å²) in [6, 6.07) is 13.8. The van der Waals surface area contributed by atoms with Crippen molar-refractivity contribution in [2.75, 3.05) is 20.3 Å². The van der Waals surface area contributed by atoms with Gasteiger partial charge < -0.3 is 14.2 Å². The predicted molar refractivity (Wildman–Crippen MR) is 96.3 cm³/mol. The highest BCUT2D eigenvalue weighted by molar-refractivity contribution is 5.97. The highest BCUT2D eigenvalue weighted by Gasteiger charge is 2.13. The van der Waals surface area contributed by atoms with Crippen LogP contribution < -0.4 is 25.1 Å². The van der Waals surface area contributed by atoms with Crippen molar-refractivity contribution in [1.29, 1.82) is 0 Å². The summed E-state index contributed by atoms with van der Waals surface area (Å²) in [4.78, 5) is 24.1. The SMILES string of the molecule is CCCOc1ccccc1C(=O)NNC(=O)COc1ccccc1OC. The lowest BCUT2D eigenvalue weighted by Gasteiger charge is -2.13. The van der Waals surface area contributed by atoms with Gasteiger partial charge in [-0.15, -0.1) is 0 Å². The monoisotopic (exact) mass is 358 g/mol. The van der Waals surface area contributed by atoms with Crippen molar-refractivity contribution in [2.24, 2.45) is 0 Å². The van der Waals surface area contributed by atoms with Crippen molar-refractivity contribution in [2.45, 2.75) is 13.3 Å². The summed E-state index contributed by atoms with van der Waals surface area (Å²) in [7, 11) is 1.51. The zero-order valence-electron chi connectivity index (χ0n) is 14.8. The number of carbonyl (C=O) groups is 2. The molecule has 0 saturated carbocycles. The Kier molecular flexibility index (Phi) is 7.30. The summed E-state index contributed by atoms with van der Waals surface area (Å²) in [6.07, 6.45) is 0.826. The van der Waals surface area contributed by atoms with Crippen molar-refractivity contribution in [3.8, 4) is 17.2 Å². The molecule has 0 fully saturated rings. The van der Waals surface area contributed by atoms with Crippen LogP contribution >= 0.6 is 0 Å². The molecule has 0 aliphatic rings. The summed E-state index contributed by atoms with van der Waals surface area (Å²) in [5.74, 6) is 0.450. The third-order valence-electron chi connectivity index (χ3n) is 3.34. The summed E-state index contributed by atoms with van der Waals surface area (Å²) >= 11 is 0. The largest absolute Gasteiger partial charge is 0.493 e.